The second-order valence-electron chi connectivity index (χ2n) is 8.89. The van der Waals surface area contributed by atoms with Gasteiger partial charge in [0.2, 0.25) is 0 Å². The number of methoxy groups -OCH3 is 1. The van der Waals surface area contributed by atoms with Crippen LogP contribution in [0.25, 0.3) is 0 Å². The molecule has 12 heteroatoms. The van der Waals surface area contributed by atoms with Gasteiger partial charge in [-0.2, -0.15) is 0 Å². The minimum absolute atomic E-state index is 0.0154. The van der Waals surface area contributed by atoms with Crippen molar-refractivity contribution in [2.75, 3.05) is 33.4 Å². The van der Waals surface area contributed by atoms with E-state index in [9.17, 15) is 4.79 Å². The Morgan fingerprint density at radius 2 is 2.00 bits per heavy atom. The van der Waals surface area contributed by atoms with Crippen molar-refractivity contribution in [2.24, 2.45) is 0 Å². The van der Waals surface area contributed by atoms with E-state index in [0.717, 1.165) is 18.7 Å². The molecule has 2 unspecified atom stereocenters. The largest absolute Gasteiger partial charge is 0.493 e. The van der Waals surface area contributed by atoms with Gasteiger partial charge in [0, 0.05) is 42.8 Å². The number of halogens is 1. The van der Waals surface area contributed by atoms with Crippen LogP contribution in [0.3, 0.4) is 0 Å². The highest BCUT2D eigenvalue weighted by Gasteiger charge is 2.30. The number of nitrogens with zero attached hydrogens (tertiary/aromatic N) is 5. The molecule has 1 amide bonds. The highest BCUT2D eigenvalue weighted by atomic mass is 35.5. The molecule has 4 bridgehead atoms. The summed E-state index contributed by atoms with van der Waals surface area (Å²) in [5, 5.41) is 15.8. The molecule has 0 aliphatic carbocycles. The van der Waals surface area contributed by atoms with Gasteiger partial charge in [-0.1, -0.05) is 28.9 Å². The van der Waals surface area contributed by atoms with E-state index in [4.69, 9.17) is 35.7 Å². The fourth-order valence-corrected chi connectivity index (χ4v) is 4.76. The lowest BCUT2D eigenvalue weighted by atomic mass is 10.1. The second-order valence-corrected chi connectivity index (χ2v) is 9.32. The van der Waals surface area contributed by atoms with Gasteiger partial charge in [0.15, 0.2) is 11.5 Å². The van der Waals surface area contributed by atoms with E-state index in [1.54, 1.807) is 30.0 Å². The van der Waals surface area contributed by atoms with Gasteiger partial charge >= 0.3 is 0 Å². The molecular weight excluding hydrogens is 514 g/mol. The average molecular weight is 544 g/mol. The van der Waals surface area contributed by atoms with E-state index in [1.807, 2.05) is 29.3 Å². The zero-order valence-corrected chi connectivity index (χ0v) is 22.0. The van der Waals surface area contributed by atoms with Gasteiger partial charge in [-0.15, -0.1) is 5.10 Å². The highest BCUT2D eigenvalue weighted by molar-refractivity contribution is 6.31. The zero-order chi connectivity index (χ0) is 27.1. The van der Waals surface area contributed by atoms with Crippen molar-refractivity contribution >= 4 is 24.0 Å². The third-order valence-electron chi connectivity index (χ3n) is 6.35. The Balaban J connectivity index is 0.00000107. The molecule has 38 heavy (non-hydrogen) atoms. The van der Waals surface area contributed by atoms with Gasteiger partial charge in [0.1, 0.15) is 24.7 Å². The second kappa shape index (κ2) is 12.6. The molecule has 6 rings (SSSR count). The molecule has 4 heterocycles. The Morgan fingerprint density at radius 1 is 1.18 bits per heavy atom. The van der Waals surface area contributed by atoms with E-state index in [0.29, 0.717) is 59.8 Å². The topological polar surface area (TPSA) is 119 Å². The number of piperazine rings is 1. The number of rotatable bonds is 1. The van der Waals surface area contributed by atoms with E-state index in [-0.39, 0.29) is 25.0 Å². The summed E-state index contributed by atoms with van der Waals surface area (Å²) in [5.41, 5.74) is 2.20. The lowest BCUT2D eigenvalue weighted by Crippen LogP contribution is -2.53. The maximum Gasteiger partial charge on any atom is 0.290 e. The van der Waals surface area contributed by atoms with E-state index < -0.39 is 0 Å². The van der Waals surface area contributed by atoms with Crippen LogP contribution in [0.4, 0.5) is 0 Å². The quantitative estimate of drug-likeness (QED) is 0.462. The molecule has 0 saturated carbocycles. The SMILES string of the molecule is COc1cccc2c1OCc1cn(nn1)CCOc1ccc(Cl)cc1C(=O)N1CCN(C2)CC1C.O=CO. The molecule has 1 saturated heterocycles. The number of carbonyl (C=O) groups is 2. The number of ether oxygens (including phenoxy) is 3. The number of fused-ring (bicyclic) bond motifs is 5. The van der Waals surface area contributed by atoms with Crippen LogP contribution in [0.2, 0.25) is 5.02 Å². The number of hydrogen-bond donors (Lipinski definition) is 1. The Bertz CT molecular complexity index is 1270. The number of hydrogen-bond acceptors (Lipinski definition) is 8. The maximum absolute atomic E-state index is 13.5. The van der Waals surface area contributed by atoms with Crippen molar-refractivity contribution in [3.8, 4) is 17.2 Å². The minimum atomic E-state index is -0.250. The molecule has 1 aromatic heterocycles. The summed E-state index contributed by atoms with van der Waals surface area (Å²) in [7, 11) is 1.64. The molecule has 1 fully saturated rings. The number of aromatic nitrogens is 3. The molecule has 3 aromatic rings. The summed E-state index contributed by atoms with van der Waals surface area (Å²) in [5.74, 6) is 1.81. The van der Waals surface area contributed by atoms with Crippen LogP contribution in [0, 0.1) is 0 Å². The normalized spacial score (nSPS) is 19.3. The zero-order valence-electron chi connectivity index (χ0n) is 21.2. The average Bonchev–Trinajstić information content (AvgIpc) is 3.36. The smallest absolute Gasteiger partial charge is 0.290 e. The molecule has 2 aromatic carbocycles. The highest BCUT2D eigenvalue weighted by Crippen LogP contribution is 2.33. The molecule has 0 spiro atoms. The standard InChI is InChI=1S/C25H28ClN5O4.CH2O2/c1-17-13-29-8-9-31(17)25(32)21-12-19(26)6-7-22(21)34-11-10-30-15-20(27-28-30)16-35-24-18(14-29)4-3-5-23(24)33-2;2-1-3/h3-7,12,15,17H,8-11,13-14,16H2,1-2H3;1H,(H,2,3). The van der Waals surface area contributed by atoms with Crippen LogP contribution in [-0.4, -0.2) is 81.7 Å². The minimum Gasteiger partial charge on any atom is -0.493 e. The van der Waals surface area contributed by atoms with Crippen LogP contribution in [0.1, 0.15) is 28.5 Å². The molecule has 1 N–H and O–H groups in total. The molecule has 3 aliphatic heterocycles. The number of carboxylic acid groups (broad SMARTS) is 1. The van der Waals surface area contributed by atoms with Crippen LogP contribution < -0.4 is 14.2 Å². The Morgan fingerprint density at radius 3 is 2.76 bits per heavy atom. The lowest BCUT2D eigenvalue weighted by Gasteiger charge is -2.40. The van der Waals surface area contributed by atoms with Gasteiger partial charge in [0.05, 0.1) is 25.4 Å². The van der Waals surface area contributed by atoms with Crippen LogP contribution in [0.15, 0.2) is 42.6 Å². The predicted octanol–water partition coefficient (Wildman–Crippen LogP) is 2.96. The summed E-state index contributed by atoms with van der Waals surface area (Å²) in [6, 6.07) is 11.1. The first-order valence-electron chi connectivity index (χ1n) is 12.1. The number of para-hydroxylation sites is 1. The van der Waals surface area contributed by atoms with Gasteiger partial charge < -0.3 is 24.2 Å². The Kier molecular flexibility index (Phi) is 9.03. The monoisotopic (exact) mass is 543 g/mol. The van der Waals surface area contributed by atoms with Gasteiger partial charge in [0.25, 0.3) is 12.4 Å². The van der Waals surface area contributed by atoms with Crippen LogP contribution in [-0.2, 0) is 24.5 Å². The fraction of sp³-hybridized carbons (Fsp3) is 0.385. The van der Waals surface area contributed by atoms with Crippen LogP contribution in [0.5, 0.6) is 17.2 Å². The number of amides is 1. The fourth-order valence-electron chi connectivity index (χ4n) is 4.59. The Labute approximate surface area is 225 Å². The van der Waals surface area contributed by atoms with Gasteiger partial charge in [-0.25, -0.2) is 4.68 Å². The van der Waals surface area contributed by atoms with Crippen molar-refractivity contribution in [2.45, 2.75) is 32.7 Å². The van der Waals surface area contributed by atoms with Gasteiger partial charge in [-0.3, -0.25) is 14.5 Å². The van der Waals surface area contributed by atoms with E-state index >= 15 is 0 Å². The third kappa shape index (κ3) is 6.35. The molecule has 0 radical (unpaired) electrons. The predicted molar refractivity (Wildman–Crippen MR) is 139 cm³/mol. The summed E-state index contributed by atoms with van der Waals surface area (Å²) in [6.07, 6.45) is 1.83. The van der Waals surface area contributed by atoms with Crippen molar-refractivity contribution in [3.63, 3.8) is 0 Å². The number of benzene rings is 2. The lowest BCUT2D eigenvalue weighted by molar-refractivity contribution is -0.122. The first-order chi connectivity index (χ1) is 18.4. The van der Waals surface area contributed by atoms with Crippen molar-refractivity contribution in [1.29, 1.82) is 0 Å². The van der Waals surface area contributed by atoms with Crippen LogP contribution >= 0.6 is 11.6 Å². The molecular formula is C26H30ClN5O6. The molecule has 3 aliphatic rings. The summed E-state index contributed by atoms with van der Waals surface area (Å²) < 4.78 is 19.4. The molecule has 202 valence electrons. The van der Waals surface area contributed by atoms with Crippen molar-refractivity contribution < 1.29 is 28.9 Å². The third-order valence-corrected chi connectivity index (χ3v) is 6.58. The maximum atomic E-state index is 13.5. The number of carbonyl (C=O) groups excluding carboxylic acids is 1. The summed E-state index contributed by atoms with van der Waals surface area (Å²) in [4.78, 5) is 26.1. The molecule has 2 atom stereocenters. The summed E-state index contributed by atoms with van der Waals surface area (Å²) in [6.45, 7) is 5.63. The summed E-state index contributed by atoms with van der Waals surface area (Å²) >= 11 is 6.25. The first kappa shape index (κ1) is 27.2. The Hall–Kier alpha value is -3.83. The van der Waals surface area contributed by atoms with Crippen molar-refractivity contribution in [3.05, 3.63) is 64.4 Å². The molecule has 11 nitrogen and oxygen atoms in total. The van der Waals surface area contributed by atoms with Gasteiger partial charge in [-0.05, 0) is 31.2 Å². The van der Waals surface area contributed by atoms with Crippen molar-refractivity contribution in [1.82, 2.24) is 24.8 Å². The van der Waals surface area contributed by atoms with E-state index in [1.165, 1.54) is 0 Å². The first-order valence-corrected chi connectivity index (χ1v) is 12.5. The van der Waals surface area contributed by atoms with E-state index in [2.05, 4.69) is 22.1 Å².